The summed E-state index contributed by atoms with van der Waals surface area (Å²) in [4.78, 5) is 9.56. The number of hydrogen-bond donors (Lipinski definition) is 0. The molecule has 0 N–H and O–H groups in total. The van der Waals surface area contributed by atoms with E-state index in [4.69, 9.17) is 18.8 Å². The summed E-state index contributed by atoms with van der Waals surface area (Å²) in [5.41, 5.74) is 12.2. The Morgan fingerprint density at radius 3 is 1.39 bits per heavy atom. The standard InChI is InChI=1S/C50H38N2O2/c1-5-13-35-41-27-29-51-47(49(41)53-43(35)7-3)33-23-19-31(20-24-33)45-37-15-9-11-17-39(37)46(40-18-12-10-16-38(40)45)32-21-25-34(26-22-32)48-50-42(28-30-52-48)36(14-6-2)44(8-4)54-50/h5-7,9-30H,3,8H2,1-2,4H3. The monoisotopic (exact) mass is 698 g/mol. The fourth-order valence-electron chi connectivity index (χ4n) is 8.01. The first-order valence-corrected chi connectivity index (χ1v) is 18.5. The van der Waals surface area contributed by atoms with Gasteiger partial charge in [0.1, 0.15) is 22.9 Å². The summed E-state index contributed by atoms with van der Waals surface area (Å²) in [6, 6.07) is 39.0. The number of fused-ring (bicyclic) bond motifs is 4. The van der Waals surface area contributed by atoms with Crippen molar-refractivity contribution in [2.75, 3.05) is 0 Å². The van der Waals surface area contributed by atoms with Gasteiger partial charge >= 0.3 is 0 Å². The molecule has 9 rings (SSSR count). The third-order valence-electron chi connectivity index (χ3n) is 10.4. The highest BCUT2D eigenvalue weighted by Gasteiger charge is 2.20. The number of nitrogens with zero attached hydrogens (tertiary/aromatic N) is 2. The van der Waals surface area contributed by atoms with Crippen molar-refractivity contribution < 1.29 is 8.83 Å². The minimum Gasteiger partial charge on any atom is -0.458 e. The minimum absolute atomic E-state index is 0.748. The zero-order valence-corrected chi connectivity index (χ0v) is 30.6. The number of furan rings is 2. The van der Waals surface area contributed by atoms with Crippen molar-refractivity contribution in [3.8, 4) is 44.8 Å². The first-order valence-electron chi connectivity index (χ1n) is 18.5. The largest absolute Gasteiger partial charge is 0.458 e. The molecular formula is C50H38N2O2. The quantitative estimate of drug-likeness (QED) is 0.148. The number of pyridine rings is 2. The van der Waals surface area contributed by atoms with E-state index in [0.717, 1.165) is 84.6 Å². The van der Waals surface area contributed by atoms with Crippen LogP contribution in [0.2, 0.25) is 0 Å². The Labute approximate surface area is 314 Å². The van der Waals surface area contributed by atoms with Gasteiger partial charge in [0.15, 0.2) is 11.2 Å². The van der Waals surface area contributed by atoms with Crippen LogP contribution in [0.25, 0.3) is 106 Å². The van der Waals surface area contributed by atoms with E-state index in [2.05, 4.69) is 135 Å². The predicted octanol–water partition coefficient (Wildman–Crippen LogP) is 14.2. The smallest absolute Gasteiger partial charge is 0.161 e. The van der Waals surface area contributed by atoms with Crippen LogP contribution in [-0.2, 0) is 6.42 Å². The van der Waals surface area contributed by atoms with Crippen molar-refractivity contribution in [1.82, 2.24) is 9.97 Å². The van der Waals surface area contributed by atoms with Crippen LogP contribution in [0.15, 0.2) is 149 Å². The molecule has 4 aromatic heterocycles. The second kappa shape index (κ2) is 13.6. The van der Waals surface area contributed by atoms with E-state index < -0.39 is 0 Å². The van der Waals surface area contributed by atoms with Gasteiger partial charge in [-0.05, 0) is 75.9 Å². The van der Waals surface area contributed by atoms with E-state index in [-0.39, 0.29) is 0 Å². The maximum atomic E-state index is 6.41. The van der Waals surface area contributed by atoms with E-state index in [1.807, 2.05) is 38.4 Å². The van der Waals surface area contributed by atoms with Crippen molar-refractivity contribution in [2.45, 2.75) is 27.2 Å². The maximum absolute atomic E-state index is 6.41. The van der Waals surface area contributed by atoms with Crippen LogP contribution in [0.5, 0.6) is 0 Å². The molecule has 0 fully saturated rings. The van der Waals surface area contributed by atoms with Gasteiger partial charge in [-0.15, -0.1) is 0 Å². The Bertz CT molecular complexity index is 2880. The highest BCUT2D eigenvalue weighted by Crippen LogP contribution is 2.45. The fraction of sp³-hybridized carbons (Fsp3) is 0.0800. The van der Waals surface area contributed by atoms with Crippen LogP contribution < -0.4 is 0 Å². The summed E-state index contributed by atoms with van der Waals surface area (Å²) < 4.78 is 12.7. The number of allylic oxidation sites excluding steroid dienone is 2. The Balaban J connectivity index is 1.16. The summed E-state index contributed by atoms with van der Waals surface area (Å²) in [6.07, 6.45) is 14.6. The number of benzene rings is 5. The number of aromatic nitrogens is 2. The molecule has 260 valence electrons. The number of rotatable bonds is 8. The molecule has 0 spiro atoms. The predicted molar refractivity (Wildman–Crippen MR) is 227 cm³/mol. The lowest BCUT2D eigenvalue weighted by atomic mass is 9.85. The highest BCUT2D eigenvalue weighted by atomic mass is 16.3. The molecule has 0 unspecified atom stereocenters. The molecule has 9 aromatic rings. The summed E-state index contributed by atoms with van der Waals surface area (Å²) in [5, 5.41) is 6.92. The van der Waals surface area contributed by atoms with Crippen LogP contribution >= 0.6 is 0 Å². The third-order valence-corrected chi connectivity index (χ3v) is 10.4. The van der Waals surface area contributed by atoms with Gasteiger partial charge in [0.05, 0.1) is 0 Å². The Morgan fingerprint density at radius 2 is 0.944 bits per heavy atom. The SMILES string of the molecule is C=Cc1oc2c(-c3ccc(-c4c5ccccc5c(-c5ccc(-c6nccc7c(C=CC)c(CC)oc67)cc5)c5ccccc45)cc3)nccc2c1C=CC. The number of hydrogen-bond acceptors (Lipinski definition) is 4. The third kappa shape index (κ3) is 5.30. The van der Waals surface area contributed by atoms with Crippen LogP contribution in [0.4, 0.5) is 0 Å². The molecule has 0 saturated heterocycles. The normalized spacial score (nSPS) is 12.0. The highest BCUT2D eigenvalue weighted by molar-refractivity contribution is 6.21. The fourth-order valence-corrected chi connectivity index (χ4v) is 8.01. The zero-order valence-electron chi connectivity index (χ0n) is 30.6. The molecule has 5 aromatic carbocycles. The second-order valence-electron chi connectivity index (χ2n) is 13.4. The van der Waals surface area contributed by atoms with E-state index in [9.17, 15) is 0 Å². The zero-order chi connectivity index (χ0) is 36.8. The topological polar surface area (TPSA) is 52.1 Å². The minimum atomic E-state index is 0.748. The summed E-state index contributed by atoms with van der Waals surface area (Å²) in [6.45, 7) is 10.1. The van der Waals surface area contributed by atoms with E-state index in [1.165, 1.54) is 32.7 Å². The van der Waals surface area contributed by atoms with E-state index in [0.29, 0.717) is 0 Å². The van der Waals surface area contributed by atoms with Crippen LogP contribution in [0.3, 0.4) is 0 Å². The van der Waals surface area contributed by atoms with Gasteiger partial charge in [-0.1, -0.05) is 135 Å². The molecule has 0 atom stereocenters. The van der Waals surface area contributed by atoms with E-state index >= 15 is 0 Å². The molecule has 4 heterocycles. The molecule has 4 nitrogen and oxygen atoms in total. The molecule has 0 saturated carbocycles. The first kappa shape index (κ1) is 33.1. The van der Waals surface area contributed by atoms with Crippen molar-refractivity contribution >= 4 is 61.7 Å². The molecule has 0 radical (unpaired) electrons. The Kier molecular flexibility index (Phi) is 8.36. The summed E-state index contributed by atoms with van der Waals surface area (Å²) in [7, 11) is 0. The lowest BCUT2D eigenvalue weighted by molar-refractivity contribution is 0.556. The molecule has 0 aliphatic carbocycles. The molecule has 0 bridgehead atoms. The molecule has 0 aliphatic heterocycles. The molecule has 4 heteroatoms. The van der Waals surface area contributed by atoms with Crippen molar-refractivity contribution in [3.63, 3.8) is 0 Å². The van der Waals surface area contributed by atoms with Gasteiger partial charge in [-0.25, -0.2) is 0 Å². The van der Waals surface area contributed by atoms with Gasteiger partial charge in [0, 0.05) is 51.8 Å². The van der Waals surface area contributed by atoms with Crippen molar-refractivity contribution in [1.29, 1.82) is 0 Å². The lowest BCUT2D eigenvalue weighted by Gasteiger charge is -2.18. The van der Waals surface area contributed by atoms with Crippen LogP contribution in [0.1, 0.15) is 43.4 Å². The van der Waals surface area contributed by atoms with Gasteiger partial charge in [0.2, 0.25) is 0 Å². The summed E-state index contributed by atoms with van der Waals surface area (Å²) >= 11 is 0. The van der Waals surface area contributed by atoms with Crippen molar-refractivity contribution in [2.24, 2.45) is 0 Å². The van der Waals surface area contributed by atoms with Gasteiger partial charge in [-0.2, -0.15) is 0 Å². The van der Waals surface area contributed by atoms with Gasteiger partial charge in [-0.3, -0.25) is 9.97 Å². The molecule has 54 heavy (non-hydrogen) atoms. The van der Waals surface area contributed by atoms with Gasteiger partial charge in [0.25, 0.3) is 0 Å². The van der Waals surface area contributed by atoms with Gasteiger partial charge < -0.3 is 8.83 Å². The van der Waals surface area contributed by atoms with Crippen LogP contribution in [0, 0.1) is 0 Å². The Morgan fingerprint density at radius 1 is 0.519 bits per heavy atom. The van der Waals surface area contributed by atoms with E-state index in [1.54, 1.807) is 6.08 Å². The first-order chi connectivity index (χ1) is 26.6. The lowest BCUT2D eigenvalue weighted by Crippen LogP contribution is -1.91. The molecular weight excluding hydrogens is 661 g/mol. The number of aryl methyl sites for hydroxylation is 1. The average Bonchev–Trinajstić information content (AvgIpc) is 3.78. The summed E-state index contributed by atoms with van der Waals surface area (Å²) in [5.74, 6) is 1.73. The average molecular weight is 699 g/mol. The van der Waals surface area contributed by atoms with Crippen LogP contribution in [-0.4, -0.2) is 9.97 Å². The molecule has 0 amide bonds. The molecule has 0 aliphatic rings. The van der Waals surface area contributed by atoms with Crippen molar-refractivity contribution in [3.05, 3.63) is 163 Å². The second-order valence-corrected chi connectivity index (χ2v) is 13.4. The maximum Gasteiger partial charge on any atom is 0.161 e. The Hall–Kier alpha value is -6.78.